The third-order valence-corrected chi connectivity index (χ3v) is 7.45. The third-order valence-electron chi connectivity index (χ3n) is 6.62. The molecule has 4 rings (SSSR count). The number of hydrogen-bond donors (Lipinski definition) is 2. The molecule has 46 heavy (non-hydrogen) atoms. The van der Waals surface area contributed by atoms with Crippen LogP contribution >= 0.6 is 0 Å². The van der Waals surface area contributed by atoms with Gasteiger partial charge < -0.3 is 25.0 Å². The highest BCUT2D eigenvalue weighted by Gasteiger charge is 2.38. The minimum absolute atomic E-state index is 0.0935. The first-order chi connectivity index (χ1) is 21.3. The lowest BCUT2D eigenvalue weighted by Gasteiger charge is -2.28. The molecule has 2 aromatic heterocycles. The lowest BCUT2D eigenvalue weighted by molar-refractivity contribution is 0.0526. The van der Waals surface area contributed by atoms with Crippen LogP contribution in [0.4, 0.5) is 32.6 Å². The molecular formula is C31H42N8O6S. The highest BCUT2D eigenvalue weighted by atomic mass is 32.2. The van der Waals surface area contributed by atoms with Gasteiger partial charge in [0.15, 0.2) is 15.5 Å². The number of anilines is 4. The van der Waals surface area contributed by atoms with E-state index in [1.165, 1.54) is 15.6 Å². The van der Waals surface area contributed by atoms with Crippen LogP contribution in [0.25, 0.3) is 5.65 Å². The van der Waals surface area contributed by atoms with Crippen LogP contribution in [-0.4, -0.2) is 78.8 Å². The number of hydrogen-bond acceptors (Lipinski definition) is 11. The molecule has 0 saturated heterocycles. The Kier molecular flexibility index (Phi) is 9.72. The van der Waals surface area contributed by atoms with Crippen LogP contribution in [0, 0.1) is 11.3 Å². The molecule has 1 aliphatic rings. The van der Waals surface area contributed by atoms with Gasteiger partial charge in [0.2, 0.25) is 0 Å². The second-order valence-electron chi connectivity index (χ2n) is 13.4. The van der Waals surface area contributed by atoms with Crippen molar-refractivity contribution in [3.63, 3.8) is 0 Å². The van der Waals surface area contributed by atoms with Gasteiger partial charge in [0, 0.05) is 49.9 Å². The van der Waals surface area contributed by atoms with Gasteiger partial charge >= 0.3 is 12.2 Å². The van der Waals surface area contributed by atoms with E-state index in [-0.39, 0.29) is 29.6 Å². The summed E-state index contributed by atoms with van der Waals surface area (Å²) in [5.74, 6) is 0.479. The molecule has 0 aliphatic heterocycles. The van der Waals surface area contributed by atoms with Crippen LogP contribution in [0.5, 0.6) is 0 Å². The summed E-state index contributed by atoms with van der Waals surface area (Å²) >= 11 is 0. The number of rotatable bonds is 10. The van der Waals surface area contributed by atoms with Crippen LogP contribution < -0.4 is 20.4 Å². The summed E-state index contributed by atoms with van der Waals surface area (Å²) in [5, 5.41) is 20.0. The van der Waals surface area contributed by atoms with E-state index in [1.54, 1.807) is 72.9 Å². The normalized spacial score (nSPS) is 13.5. The number of fused-ring (bicyclic) bond motifs is 1. The number of sulfone groups is 1. The van der Waals surface area contributed by atoms with E-state index in [0.29, 0.717) is 35.1 Å². The SMILES string of the molecule is CN(CCNC(=O)OC(C)(C)C)c1ccc(Nc2cc(N(C(=O)OC(C)(C)C)C3CC3)n3ncc(C#N)c3n2)cc1CS(C)(=O)=O. The molecule has 1 saturated carbocycles. The van der Waals surface area contributed by atoms with Crippen molar-refractivity contribution in [1.29, 1.82) is 5.26 Å². The number of benzene rings is 1. The van der Waals surface area contributed by atoms with E-state index in [4.69, 9.17) is 9.47 Å². The van der Waals surface area contributed by atoms with Crippen molar-refractivity contribution in [1.82, 2.24) is 19.9 Å². The molecule has 0 atom stereocenters. The minimum atomic E-state index is -3.42. The zero-order valence-corrected chi connectivity index (χ0v) is 28.4. The highest BCUT2D eigenvalue weighted by molar-refractivity contribution is 7.89. The van der Waals surface area contributed by atoms with Gasteiger partial charge in [0.25, 0.3) is 0 Å². The molecule has 0 spiro atoms. The lowest BCUT2D eigenvalue weighted by atomic mass is 10.1. The maximum absolute atomic E-state index is 13.3. The number of likely N-dealkylation sites (N-methyl/N-ethyl adjacent to an activating group) is 1. The fourth-order valence-corrected chi connectivity index (χ4v) is 5.47. The van der Waals surface area contributed by atoms with Crippen molar-refractivity contribution in [3.8, 4) is 6.07 Å². The average molecular weight is 655 g/mol. The molecule has 0 radical (unpaired) electrons. The molecule has 14 nitrogen and oxygen atoms in total. The Balaban J connectivity index is 1.66. The smallest absolute Gasteiger partial charge is 0.416 e. The molecule has 15 heteroatoms. The monoisotopic (exact) mass is 654 g/mol. The first-order valence-corrected chi connectivity index (χ1v) is 17.0. The number of amides is 2. The van der Waals surface area contributed by atoms with Crippen LogP contribution in [0.2, 0.25) is 0 Å². The number of carbonyl (C=O) groups is 2. The Morgan fingerprint density at radius 1 is 1.11 bits per heavy atom. The van der Waals surface area contributed by atoms with Crippen molar-refractivity contribution >= 4 is 50.7 Å². The number of carbonyl (C=O) groups excluding carboxylic acids is 2. The highest BCUT2D eigenvalue weighted by Crippen LogP contribution is 2.35. The van der Waals surface area contributed by atoms with Gasteiger partial charge in [-0.3, -0.25) is 4.90 Å². The Labute approximate surface area is 269 Å². The molecule has 1 aliphatic carbocycles. The van der Waals surface area contributed by atoms with Crippen molar-refractivity contribution in [2.75, 3.05) is 41.5 Å². The Bertz CT molecular complexity index is 1760. The zero-order chi connectivity index (χ0) is 34.0. The van der Waals surface area contributed by atoms with Crippen LogP contribution in [-0.2, 0) is 25.1 Å². The van der Waals surface area contributed by atoms with E-state index in [9.17, 15) is 23.3 Å². The van der Waals surface area contributed by atoms with Crippen molar-refractivity contribution in [2.24, 2.45) is 0 Å². The largest absolute Gasteiger partial charge is 0.444 e. The van der Waals surface area contributed by atoms with Crippen LogP contribution in [0.15, 0.2) is 30.5 Å². The standard InChI is InChI=1S/C31H42N8O6S/c1-30(2,3)44-28(40)33-13-14-37(7)24-12-9-22(15-20(24)19-46(8,42)43)35-25-16-26(39-27(36-25)21(17-32)18-34-39)38(23-10-11-23)29(41)45-31(4,5)6/h9,12,15-16,18,23H,10-11,13-14,19H2,1-8H3,(H,33,40)(H,35,36). The summed E-state index contributed by atoms with van der Waals surface area (Å²) in [6.07, 6.45) is 3.05. The van der Waals surface area contributed by atoms with Crippen molar-refractivity contribution in [3.05, 3.63) is 41.6 Å². The summed E-state index contributed by atoms with van der Waals surface area (Å²) in [5.41, 5.74) is 0.861. The number of aromatic nitrogens is 3. The number of nitrogens with zero attached hydrogens (tertiary/aromatic N) is 6. The van der Waals surface area contributed by atoms with E-state index < -0.39 is 33.2 Å². The Morgan fingerprint density at radius 2 is 1.78 bits per heavy atom. The van der Waals surface area contributed by atoms with Crippen LogP contribution in [0.3, 0.4) is 0 Å². The fourth-order valence-electron chi connectivity index (χ4n) is 4.68. The molecule has 0 unspecified atom stereocenters. The predicted octanol–water partition coefficient (Wildman–Crippen LogP) is 4.75. The summed E-state index contributed by atoms with van der Waals surface area (Å²) in [6, 6.07) is 8.93. The van der Waals surface area contributed by atoms with Crippen molar-refractivity contribution in [2.45, 2.75) is 77.4 Å². The first-order valence-electron chi connectivity index (χ1n) is 14.9. The van der Waals surface area contributed by atoms with E-state index in [0.717, 1.165) is 19.1 Å². The number of ether oxygens (including phenoxy) is 2. The van der Waals surface area contributed by atoms with Gasteiger partial charge in [-0.15, -0.1) is 0 Å². The predicted molar refractivity (Wildman–Crippen MR) is 175 cm³/mol. The van der Waals surface area contributed by atoms with Gasteiger partial charge in [-0.25, -0.2) is 23.0 Å². The summed E-state index contributed by atoms with van der Waals surface area (Å²) in [6.45, 7) is 11.4. The van der Waals surface area contributed by atoms with Gasteiger partial charge in [-0.05, 0) is 78.1 Å². The summed E-state index contributed by atoms with van der Waals surface area (Å²) < 4.78 is 37.2. The maximum atomic E-state index is 13.3. The molecule has 3 aromatic rings. The molecular weight excluding hydrogens is 612 g/mol. The molecule has 1 aromatic carbocycles. The minimum Gasteiger partial charge on any atom is -0.444 e. The first kappa shape index (κ1) is 34.3. The lowest BCUT2D eigenvalue weighted by Crippen LogP contribution is -2.39. The summed E-state index contributed by atoms with van der Waals surface area (Å²) in [7, 11) is -1.61. The maximum Gasteiger partial charge on any atom is 0.416 e. The number of nitriles is 1. The van der Waals surface area contributed by atoms with E-state index in [2.05, 4.69) is 26.8 Å². The molecule has 1 fully saturated rings. The van der Waals surface area contributed by atoms with Crippen molar-refractivity contribution < 1.29 is 27.5 Å². The topological polar surface area (TPSA) is 171 Å². The second kappa shape index (κ2) is 13.0. The molecule has 2 heterocycles. The quantitative estimate of drug-likeness (QED) is 0.309. The molecule has 248 valence electrons. The second-order valence-corrected chi connectivity index (χ2v) is 15.5. The zero-order valence-electron chi connectivity index (χ0n) is 27.5. The number of alkyl carbamates (subject to hydrolysis) is 1. The van der Waals surface area contributed by atoms with Gasteiger partial charge in [0.05, 0.1) is 11.9 Å². The van der Waals surface area contributed by atoms with E-state index in [1.807, 2.05) is 4.90 Å². The number of nitrogens with one attached hydrogen (secondary N) is 2. The van der Waals surface area contributed by atoms with Gasteiger partial charge in [-0.1, -0.05) is 0 Å². The molecule has 0 bridgehead atoms. The fraction of sp³-hybridized carbons (Fsp3) is 0.516. The third kappa shape index (κ3) is 9.23. The van der Waals surface area contributed by atoms with Crippen LogP contribution in [0.1, 0.15) is 65.5 Å². The summed E-state index contributed by atoms with van der Waals surface area (Å²) in [4.78, 5) is 33.4. The van der Waals surface area contributed by atoms with E-state index >= 15 is 0 Å². The Hall–Kier alpha value is -4.58. The van der Waals surface area contributed by atoms with Gasteiger partial charge in [0.1, 0.15) is 34.5 Å². The van der Waals surface area contributed by atoms with Gasteiger partial charge in [-0.2, -0.15) is 14.9 Å². The molecule has 2 amide bonds. The Morgan fingerprint density at radius 3 is 2.37 bits per heavy atom. The average Bonchev–Trinajstić information content (AvgIpc) is 3.63. The molecule has 2 N–H and O–H groups in total.